The van der Waals surface area contributed by atoms with E-state index in [0.29, 0.717) is 59.1 Å². The highest BCUT2D eigenvalue weighted by Gasteiger charge is 2.35. The van der Waals surface area contributed by atoms with E-state index in [1.807, 2.05) is 58.0 Å². The van der Waals surface area contributed by atoms with Crippen molar-refractivity contribution in [2.24, 2.45) is 5.92 Å². The number of nitrogens with zero attached hydrogens (tertiary/aromatic N) is 5. The minimum Gasteiger partial charge on any atom is -0.379 e. The zero-order chi connectivity index (χ0) is 37.0. The number of aromatic nitrogens is 1. The van der Waals surface area contributed by atoms with Gasteiger partial charge in [0, 0.05) is 49.7 Å². The summed E-state index contributed by atoms with van der Waals surface area (Å²) < 4.78 is 5.48. The lowest BCUT2D eigenvalue weighted by Crippen LogP contribution is -2.51. The van der Waals surface area contributed by atoms with E-state index in [1.54, 1.807) is 22.1 Å². The van der Waals surface area contributed by atoms with E-state index in [0.717, 1.165) is 30.8 Å². The summed E-state index contributed by atoms with van der Waals surface area (Å²) in [5, 5.41) is 16.8. The van der Waals surface area contributed by atoms with Crippen molar-refractivity contribution in [2.45, 2.75) is 65.5 Å². The molecule has 3 aromatic rings. The number of anilines is 2. The fraction of sp³-hybridized carbons (Fsp3) is 0.425. The van der Waals surface area contributed by atoms with E-state index >= 15 is 0 Å². The van der Waals surface area contributed by atoms with E-state index in [4.69, 9.17) is 4.74 Å². The quantitative estimate of drug-likeness (QED) is 0.136. The second-order valence-corrected chi connectivity index (χ2v) is 15.5. The summed E-state index contributed by atoms with van der Waals surface area (Å²) >= 11 is 1.23. The van der Waals surface area contributed by atoms with Crippen LogP contribution in [0.4, 0.5) is 16.2 Å². The molecule has 0 saturated carbocycles. The van der Waals surface area contributed by atoms with Crippen molar-refractivity contribution >= 4 is 50.8 Å². The van der Waals surface area contributed by atoms with Gasteiger partial charge < -0.3 is 20.3 Å². The van der Waals surface area contributed by atoms with Gasteiger partial charge in [0.15, 0.2) is 0 Å². The predicted octanol–water partition coefficient (Wildman–Crippen LogP) is 6.66. The molecule has 12 heteroatoms. The molecule has 6 rings (SSSR count). The second kappa shape index (κ2) is 15.8. The Morgan fingerprint density at radius 2 is 1.92 bits per heavy atom. The van der Waals surface area contributed by atoms with Gasteiger partial charge >= 0.3 is 6.03 Å². The fourth-order valence-corrected chi connectivity index (χ4v) is 8.21. The molecule has 4 amide bonds. The Labute approximate surface area is 309 Å². The molecule has 5 heterocycles. The molecule has 3 aliphatic heterocycles. The van der Waals surface area contributed by atoms with Crippen LogP contribution in [0.15, 0.2) is 77.7 Å². The summed E-state index contributed by atoms with van der Waals surface area (Å²) in [5.74, 6) is -0.428. The number of hydrogen-bond acceptors (Lipinski definition) is 8. The number of morpholine rings is 1. The smallest absolute Gasteiger partial charge is 0.331 e. The highest BCUT2D eigenvalue weighted by Crippen LogP contribution is 2.45. The van der Waals surface area contributed by atoms with Gasteiger partial charge in [0.25, 0.3) is 11.8 Å². The first-order valence-electron chi connectivity index (χ1n) is 17.9. The number of pyridine rings is 1. The first-order valence-corrected chi connectivity index (χ1v) is 18.8. The Balaban J connectivity index is 1.19. The molecule has 2 fully saturated rings. The molecule has 0 aliphatic carbocycles. The van der Waals surface area contributed by atoms with Crippen molar-refractivity contribution in [3.63, 3.8) is 0 Å². The second-order valence-electron chi connectivity index (χ2n) is 14.5. The van der Waals surface area contributed by atoms with Crippen LogP contribution in [0.25, 0.3) is 10.2 Å². The van der Waals surface area contributed by atoms with Gasteiger partial charge in [-0.3, -0.25) is 19.4 Å². The number of allylic oxidation sites excluding steroid dienone is 3. The summed E-state index contributed by atoms with van der Waals surface area (Å²) in [7, 11) is 0. The molecule has 0 radical (unpaired) electrons. The molecule has 272 valence electrons. The van der Waals surface area contributed by atoms with E-state index < -0.39 is 5.54 Å². The van der Waals surface area contributed by atoms with Gasteiger partial charge in [-0.25, -0.2) is 9.78 Å². The topological polar surface area (TPSA) is 131 Å². The average Bonchev–Trinajstić information content (AvgIpc) is 3.51. The average molecular weight is 722 g/mol. The molecule has 2 saturated heterocycles. The molecule has 0 spiro atoms. The Morgan fingerprint density at radius 3 is 2.63 bits per heavy atom. The molecule has 11 nitrogen and oxygen atoms in total. The normalized spacial score (nSPS) is 19.0. The Kier molecular flexibility index (Phi) is 11.2. The monoisotopic (exact) mass is 721 g/mol. The van der Waals surface area contributed by atoms with Crippen LogP contribution in [-0.2, 0) is 16.0 Å². The van der Waals surface area contributed by atoms with E-state index in [1.165, 1.54) is 16.9 Å². The zero-order valence-electron chi connectivity index (χ0n) is 30.6. The molecule has 52 heavy (non-hydrogen) atoms. The Bertz CT molecular complexity index is 1970. The number of nitrogens with one attached hydrogen (secondary N) is 2. The maximum atomic E-state index is 13.9. The van der Waals surface area contributed by atoms with Crippen molar-refractivity contribution in [3.05, 3.63) is 88.1 Å². The lowest BCUT2D eigenvalue weighted by Gasteiger charge is -2.39. The van der Waals surface area contributed by atoms with Crippen molar-refractivity contribution in [1.82, 2.24) is 20.1 Å². The van der Waals surface area contributed by atoms with Crippen LogP contribution in [0.1, 0.15) is 62.7 Å². The Morgan fingerprint density at radius 1 is 1.17 bits per heavy atom. The third-order valence-corrected chi connectivity index (χ3v) is 11.0. The molecule has 2 N–H and O–H groups in total. The molecule has 3 aliphatic rings. The predicted molar refractivity (Wildman–Crippen MR) is 205 cm³/mol. The summed E-state index contributed by atoms with van der Waals surface area (Å²) in [6.45, 7) is 13.6. The van der Waals surface area contributed by atoms with Crippen LogP contribution in [-0.4, -0.2) is 83.6 Å². The Hall–Kier alpha value is -4.83. The molecular formula is C40H47N7O4S. The number of thiophene rings is 1. The number of piperidine rings is 1. The van der Waals surface area contributed by atoms with E-state index in [-0.39, 0.29) is 41.9 Å². The highest BCUT2D eigenvalue weighted by molar-refractivity contribution is 7.21. The van der Waals surface area contributed by atoms with Crippen LogP contribution in [0, 0.1) is 17.2 Å². The highest BCUT2D eigenvalue weighted by atomic mass is 32.1. The molecule has 2 atom stereocenters. The number of ether oxygens (including phenoxy) is 1. The number of amides is 4. The molecule has 2 aromatic heterocycles. The summed E-state index contributed by atoms with van der Waals surface area (Å²) in [5.41, 5.74) is 3.69. The summed E-state index contributed by atoms with van der Waals surface area (Å²) in [6.07, 6.45) is 9.80. The van der Waals surface area contributed by atoms with Crippen molar-refractivity contribution < 1.29 is 19.1 Å². The van der Waals surface area contributed by atoms with E-state index in [9.17, 15) is 19.6 Å². The summed E-state index contributed by atoms with van der Waals surface area (Å²) in [4.78, 5) is 52.5. The number of carbonyl (C=O) groups excluding carboxylic acids is 3. The third kappa shape index (κ3) is 7.97. The number of urea groups is 1. The lowest BCUT2D eigenvalue weighted by atomic mass is 9.97. The number of likely N-dealkylation sites (tertiary alicyclic amines) is 1. The van der Waals surface area contributed by atoms with Crippen LogP contribution in [0.2, 0.25) is 0 Å². The zero-order valence-corrected chi connectivity index (χ0v) is 31.4. The number of rotatable bonds is 10. The molecule has 0 bridgehead atoms. The van der Waals surface area contributed by atoms with Gasteiger partial charge in [0.05, 0.1) is 30.0 Å². The minimum absolute atomic E-state index is 0.0968. The van der Waals surface area contributed by atoms with Crippen molar-refractivity contribution in [1.29, 1.82) is 5.26 Å². The maximum absolute atomic E-state index is 13.9. The number of nitriles is 1. The first-order chi connectivity index (χ1) is 25.0. The summed E-state index contributed by atoms with van der Waals surface area (Å²) in [6, 6.07) is 13.6. The van der Waals surface area contributed by atoms with Gasteiger partial charge in [-0.1, -0.05) is 48.9 Å². The van der Waals surface area contributed by atoms with Gasteiger partial charge in [0.1, 0.15) is 21.3 Å². The largest absolute Gasteiger partial charge is 0.379 e. The number of carbonyl (C=O) groups is 3. The third-order valence-electron chi connectivity index (χ3n) is 9.91. The van der Waals surface area contributed by atoms with Gasteiger partial charge in [-0.15, -0.1) is 11.3 Å². The van der Waals surface area contributed by atoms with Crippen LogP contribution < -0.4 is 15.5 Å². The lowest BCUT2D eigenvalue weighted by molar-refractivity contribution is -0.128. The molecule has 0 unspecified atom stereocenters. The molecular weight excluding hydrogens is 675 g/mol. The van der Waals surface area contributed by atoms with Crippen LogP contribution in [0.5, 0.6) is 0 Å². The van der Waals surface area contributed by atoms with Crippen LogP contribution >= 0.6 is 11.3 Å². The van der Waals surface area contributed by atoms with Crippen molar-refractivity contribution in [3.8, 4) is 6.07 Å². The number of hydrogen-bond donors (Lipinski definition) is 2. The standard InChI is InChI=1S/C40H47N7O4S/c1-26(2)31(14-13-27(3)22-28-10-7-6-8-11-28)47-32-15-16-42-37-33(32)34(44-39(47)50)35(52-37)36(48)43-30-12-9-17-45(25-30)38(49)29(24-41)23-40(4,5)46-18-20-51-21-19-46/h6-8,10-11,13-16,23,27,30H,9,12,17-22,25H2,1-5H3,(H,43,48)(H,44,50)/b14-13-,29-23+/t27-,30+/m0/s1. The first kappa shape index (κ1) is 36.9. The van der Waals surface area contributed by atoms with Gasteiger partial charge in [-0.05, 0) is 76.7 Å². The molecule has 1 aromatic carbocycles. The fourth-order valence-electron chi connectivity index (χ4n) is 7.18. The maximum Gasteiger partial charge on any atom is 0.331 e. The van der Waals surface area contributed by atoms with Gasteiger partial charge in [-0.2, -0.15) is 5.26 Å². The van der Waals surface area contributed by atoms with E-state index in [2.05, 4.69) is 51.7 Å². The number of benzene rings is 1. The van der Waals surface area contributed by atoms with Crippen molar-refractivity contribution in [2.75, 3.05) is 49.6 Å². The SMILES string of the molecule is CC(C)=C(/C=C\[C@H](C)Cc1ccccc1)N1C(=O)Nc2c(C(=O)N[C@@H]3CCCN(C(=O)/C(C#N)=C/C(C)(C)N4CCOCC4)C3)sc3nccc1c23. The van der Waals surface area contributed by atoms with Crippen LogP contribution in [0.3, 0.4) is 0 Å². The van der Waals surface area contributed by atoms with Gasteiger partial charge in [0.2, 0.25) is 0 Å². The minimum atomic E-state index is -0.493.